The molecule has 0 unspecified atom stereocenters. The standard InChI is InChI=1S/C28H22BrN3O3/c1-19-14-23(15-24(17-30)22-4-3-5-27(16-22)32(33)34)20(2)31(19)26-10-12-28(13-11-26)35-18-21-6-8-25(29)9-7-21/h3-16H,18H2,1-2H3/b24-15-. The minimum absolute atomic E-state index is 0.0448. The second-order valence-corrected chi connectivity index (χ2v) is 8.96. The molecule has 0 bridgehead atoms. The largest absolute Gasteiger partial charge is 0.489 e. The van der Waals surface area contributed by atoms with E-state index >= 15 is 0 Å². The van der Waals surface area contributed by atoms with Crippen LogP contribution in [0.25, 0.3) is 17.3 Å². The lowest BCUT2D eigenvalue weighted by Gasteiger charge is -2.12. The number of nitro benzene ring substituents is 1. The Morgan fingerprint density at radius 1 is 1.09 bits per heavy atom. The molecule has 0 amide bonds. The van der Waals surface area contributed by atoms with E-state index in [1.807, 2.05) is 68.4 Å². The fraction of sp³-hybridized carbons (Fsp3) is 0.107. The molecule has 0 atom stereocenters. The van der Waals surface area contributed by atoms with Gasteiger partial charge in [0.25, 0.3) is 5.69 Å². The van der Waals surface area contributed by atoms with Crippen LogP contribution in [0.4, 0.5) is 5.69 Å². The molecule has 3 aromatic carbocycles. The number of benzene rings is 3. The molecular weight excluding hydrogens is 506 g/mol. The quantitative estimate of drug-likeness (QED) is 0.142. The second-order valence-electron chi connectivity index (χ2n) is 8.05. The number of non-ortho nitro benzene ring substituents is 1. The van der Waals surface area contributed by atoms with E-state index < -0.39 is 4.92 Å². The molecule has 1 aromatic heterocycles. The summed E-state index contributed by atoms with van der Waals surface area (Å²) in [5.74, 6) is 0.775. The van der Waals surface area contributed by atoms with Gasteiger partial charge < -0.3 is 9.30 Å². The number of halogens is 1. The number of rotatable bonds is 7. The lowest BCUT2D eigenvalue weighted by atomic mass is 10.0. The maximum atomic E-state index is 11.1. The van der Waals surface area contributed by atoms with Gasteiger partial charge in [-0.05, 0) is 79.1 Å². The number of nitriles is 1. The Kier molecular flexibility index (Phi) is 7.14. The van der Waals surface area contributed by atoms with Crippen LogP contribution in [0, 0.1) is 35.3 Å². The average Bonchev–Trinajstić information content (AvgIpc) is 3.15. The van der Waals surface area contributed by atoms with Gasteiger partial charge in [0, 0.05) is 33.7 Å². The highest BCUT2D eigenvalue weighted by molar-refractivity contribution is 9.10. The Morgan fingerprint density at radius 2 is 1.80 bits per heavy atom. The molecule has 7 heteroatoms. The molecule has 0 fully saturated rings. The van der Waals surface area contributed by atoms with Crippen molar-refractivity contribution in [1.82, 2.24) is 4.57 Å². The maximum absolute atomic E-state index is 11.1. The molecule has 0 saturated heterocycles. The fourth-order valence-corrected chi connectivity index (χ4v) is 4.16. The highest BCUT2D eigenvalue weighted by Gasteiger charge is 2.13. The summed E-state index contributed by atoms with van der Waals surface area (Å²) in [5, 5.41) is 20.8. The van der Waals surface area contributed by atoms with E-state index in [2.05, 4.69) is 26.6 Å². The molecule has 0 N–H and O–H groups in total. The van der Waals surface area contributed by atoms with Gasteiger partial charge in [-0.25, -0.2) is 0 Å². The van der Waals surface area contributed by atoms with Gasteiger partial charge in [-0.3, -0.25) is 10.1 Å². The SMILES string of the molecule is Cc1cc(/C=C(/C#N)c2cccc([N+](=O)[O-])c2)c(C)n1-c1ccc(OCc2ccc(Br)cc2)cc1. The van der Waals surface area contributed by atoms with E-state index in [4.69, 9.17) is 4.74 Å². The first kappa shape index (κ1) is 24.0. The van der Waals surface area contributed by atoms with E-state index in [-0.39, 0.29) is 5.69 Å². The zero-order valence-corrected chi connectivity index (χ0v) is 20.8. The minimum Gasteiger partial charge on any atom is -0.489 e. The van der Waals surface area contributed by atoms with E-state index in [0.29, 0.717) is 17.7 Å². The third-order valence-electron chi connectivity index (χ3n) is 5.67. The van der Waals surface area contributed by atoms with Crippen LogP contribution >= 0.6 is 15.9 Å². The molecule has 4 rings (SSSR count). The van der Waals surface area contributed by atoms with Crippen molar-refractivity contribution >= 4 is 33.3 Å². The van der Waals surface area contributed by atoms with E-state index in [1.54, 1.807) is 18.2 Å². The van der Waals surface area contributed by atoms with Gasteiger partial charge in [-0.2, -0.15) is 5.26 Å². The Bertz CT molecular complexity index is 1450. The van der Waals surface area contributed by atoms with Crippen LogP contribution in [0.3, 0.4) is 0 Å². The van der Waals surface area contributed by atoms with Crippen LogP contribution in [0.2, 0.25) is 0 Å². The fourth-order valence-electron chi connectivity index (χ4n) is 3.89. The van der Waals surface area contributed by atoms with Gasteiger partial charge in [0.05, 0.1) is 16.6 Å². The summed E-state index contributed by atoms with van der Waals surface area (Å²) < 4.78 is 9.05. The normalized spacial score (nSPS) is 11.2. The molecule has 0 saturated carbocycles. The molecule has 0 aliphatic heterocycles. The molecule has 6 nitrogen and oxygen atoms in total. The van der Waals surface area contributed by atoms with Gasteiger partial charge in [0.1, 0.15) is 12.4 Å². The van der Waals surface area contributed by atoms with Gasteiger partial charge in [-0.1, -0.05) is 40.2 Å². The topological polar surface area (TPSA) is 81.1 Å². The summed E-state index contributed by atoms with van der Waals surface area (Å²) in [7, 11) is 0. The number of aryl methyl sites for hydroxylation is 1. The molecule has 174 valence electrons. The minimum atomic E-state index is -0.462. The zero-order chi connectivity index (χ0) is 24.9. The van der Waals surface area contributed by atoms with Gasteiger partial charge in [0.15, 0.2) is 0 Å². The summed E-state index contributed by atoms with van der Waals surface area (Å²) in [5.41, 5.74) is 5.74. The van der Waals surface area contributed by atoms with Crippen LogP contribution < -0.4 is 4.74 Å². The van der Waals surface area contributed by atoms with Crippen LogP contribution in [-0.4, -0.2) is 9.49 Å². The molecule has 0 radical (unpaired) electrons. The Labute approximate surface area is 212 Å². The van der Waals surface area contributed by atoms with Crippen LogP contribution in [0.5, 0.6) is 5.75 Å². The lowest BCUT2D eigenvalue weighted by Crippen LogP contribution is -2.00. The second kappa shape index (κ2) is 10.4. The Morgan fingerprint density at radius 3 is 2.46 bits per heavy atom. The summed E-state index contributed by atoms with van der Waals surface area (Å²) in [6.07, 6.45) is 1.77. The molecule has 0 spiro atoms. The number of ether oxygens (including phenoxy) is 1. The van der Waals surface area contributed by atoms with Crippen molar-refractivity contribution in [2.45, 2.75) is 20.5 Å². The Hall–Kier alpha value is -4.15. The number of nitrogens with zero attached hydrogens (tertiary/aromatic N) is 3. The van der Waals surface area contributed by atoms with Crippen molar-refractivity contribution in [3.05, 3.63) is 122 Å². The van der Waals surface area contributed by atoms with E-state index in [0.717, 1.165) is 38.4 Å². The molecule has 35 heavy (non-hydrogen) atoms. The first-order valence-corrected chi connectivity index (χ1v) is 11.7. The van der Waals surface area contributed by atoms with E-state index in [9.17, 15) is 15.4 Å². The summed E-state index contributed by atoms with van der Waals surface area (Å²) >= 11 is 3.43. The van der Waals surface area contributed by atoms with E-state index in [1.165, 1.54) is 12.1 Å². The summed E-state index contributed by atoms with van der Waals surface area (Å²) in [6, 6.07) is 26.2. The maximum Gasteiger partial charge on any atom is 0.270 e. The van der Waals surface area contributed by atoms with Crippen molar-refractivity contribution in [2.75, 3.05) is 0 Å². The predicted octanol–water partition coefficient (Wildman–Crippen LogP) is 7.41. The highest BCUT2D eigenvalue weighted by Crippen LogP contribution is 2.27. The van der Waals surface area contributed by atoms with Crippen molar-refractivity contribution in [1.29, 1.82) is 5.26 Å². The van der Waals surface area contributed by atoms with Crippen LogP contribution in [0.15, 0.2) is 83.3 Å². The number of hydrogen-bond acceptors (Lipinski definition) is 4. The smallest absolute Gasteiger partial charge is 0.270 e. The van der Waals surface area contributed by atoms with Crippen molar-refractivity contribution in [3.63, 3.8) is 0 Å². The van der Waals surface area contributed by atoms with Gasteiger partial charge in [0.2, 0.25) is 0 Å². The molecule has 0 aliphatic carbocycles. The first-order valence-electron chi connectivity index (χ1n) is 10.9. The van der Waals surface area contributed by atoms with Gasteiger partial charge >= 0.3 is 0 Å². The van der Waals surface area contributed by atoms with Crippen LogP contribution in [-0.2, 0) is 6.61 Å². The zero-order valence-electron chi connectivity index (χ0n) is 19.2. The number of nitro groups is 1. The number of allylic oxidation sites excluding steroid dienone is 1. The summed E-state index contributed by atoms with van der Waals surface area (Å²) in [6.45, 7) is 4.47. The van der Waals surface area contributed by atoms with Crippen LogP contribution in [0.1, 0.15) is 28.1 Å². The third kappa shape index (κ3) is 5.51. The molecule has 0 aliphatic rings. The monoisotopic (exact) mass is 527 g/mol. The first-order chi connectivity index (χ1) is 16.9. The van der Waals surface area contributed by atoms with Gasteiger partial charge in [-0.15, -0.1) is 0 Å². The number of aromatic nitrogens is 1. The summed E-state index contributed by atoms with van der Waals surface area (Å²) in [4.78, 5) is 10.7. The molecule has 4 aromatic rings. The average molecular weight is 528 g/mol. The van der Waals surface area contributed by atoms with Crippen molar-refractivity contribution in [2.24, 2.45) is 0 Å². The molecular formula is C28H22BrN3O3. The van der Waals surface area contributed by atoms with Crippen molar-refractivity contribution < 1.29 is 9.66 Å². The highest BCUT2D eigenvalue weighted by atomic mass is 79.9. The van der Waals surface area contributed by atoms with Crippen molar-refractivity contribution in [3.8, 4) is 17.5 Å². The lowest BCUT2D eigenvalue weighted by molar-refractivity contribution is -0.384. The third-order valence-corrected chi connectivity index (χ3v) is 6.20. The molecule has 1 heterocycles. The Balaban J connectivity index is 1.57. The number of hydrogen-bond donors (Lipinski definition) is 0. The predicted molar refractivity (Wildman–Crippen MR) is 140 cm³/mol.